The highest BCUT2D eigenvalue weighted by Gasteiger charge is 2.37. The fourth-order valence-electron chi connectivity index (χ4n) is 4.35. The summed E-state index contributed by atoms with van der Waals surface area (Å²) in [5.74, 6) is 3.19. The van der Waals surface area contributed by atoms with Gasteiger partial charge in [-0.25, -0.2) is 18.4 Å². The lowest BCUT2D eigenvalue weighted by Crippen LogP contribution is -2.43. The van der Waals surface area contributed by atoms with Crippen LogP contribution in [0.2, 0.25) is 0 Å². The largest absolute Gasteiger partial charge is 0.416 e. The quantitative estimate of drug-likeness (QED) is 0.210. The molecule has 0 aliphatic rings. The molecule has 0 fully saturated rings. The maximum absolute atomic E-state index is 14.7. The first kappa shape index (κ1) is 30.7. The van der Waals surface area contributed by atoms with Gasteiger partial charge in [0.25, 0.3) is 0 Å². The second-order valence-electron chi connectivity index (χ2n) is 9.66. The van der Waals surface area contributed by atoms with Gasteiger partial charge in [-0.1, -0.05) is 30.0 Å². The summed E-state index contributed by atoms with van der Waals surface area (Å²) in [5.41, 5.74) is -4.27. The van der Waals surface area contributed by atoms with E-state index in [1.165, 1.54) is 29.5 Å². The van der Waals surface area contributed by atoms with E-state index in [0.717, 1.165) is 12.1 Å². The lowest BCUT2D eigenvalue weighted by atomic mass is 9.92. The van der Waals surface area contributed by atoms with Crippen molar-refractivity contribution >= 4 is 0 Å². The molecule has 0 amide bonds. The van der Waals surface area contributed by atoms with Crippen LogP contribution in [0.25, 0.3) is 0 Å². The molecule has 1 unspecified atom stereocenters. The van der Waals surface area contributed by atoms with Crippen LogP contribution < -0.4 is 0 Å². The van der Waals surface area contributed by atoms with Crippen LogP contribution in [-0.4, -0.2) is 38.4 Å². The van der Waals surface area contributed by atoms with E-state index in [4.69, 9.17) is 0 Å². The topological polar surface area (TPSA) is 54.2 Å². The molecule has 0 saturated carbocycles. The van der Waals surface area contributed by atoms with Crippen LogP contribution in [0.15, 0.2) is 73.3 Å². The van der Waals surface area contributed by atoms with Crippen molar-refractivity contribution in [1.29, 1.82) is 0 Å². The van der Waals surface area contributed by atoms with E-state index in [1.54, 1.807) is 24.1 Å². The normalized spacial score (nSPS) is 13.5. The first-order valence-corrected chi connectivity index (χ1v) is 12.2. The Bertz CT molecular complexity index is 1560. The van der Waals surface area contributed by atoms with Gasteiger partial charge in [0.1, 0.15) is 29.9 Å². The van der Waals surface area contributed by atoms with Gasteiger partial charge < -0.3 is 5.11 Å². The number of rotatable bonds is 7. The van der Waals surface area contributed by atoms with E-state index >= 15 is 0 Å². The molecule has 1 aromatic heterocycles. The Labute approximate surface area is 235 Å². The summed E-state index contributed by atoms with van der Waals surface area (Å²) >= 11 is 0. The van der Waals surface area contributed by atoms with Gasteiger partial charge in [0.05, 0.1) is 17.7 Å². The van der Waals surface area contributed by atoms with Crippen molar-refractivity contribution in [1.82, 2.24) is 19.7 Å². The average molecular weight is 595 g/mol. The lowest BCUT2D eigenvalue weighted by molar-refractivity contribution is -0.143. The average Bonchev–Trinajstić information content (AvgIpc) is 3.39. The van der Waals surface area contributed by atoms with Crippen LogP contribution in [0.3, 0.4) is 0 Å². The summed E-state index contributed by atoms with van der Waals surface area (Å²) < 4.78 is 108. The van der Waals surface area contributed by atoms with Crippen molar-refractivity contribution in [2.45, 2.75) is 31.0 Å². The Balaban J connectivity index is 1.51. The number of hydrogen-bond acceptors (Lipinski definition) is 4. The molecular formula is C29H22F8N4O. The first-order valence-electron chi connectivity index (χ1n) is 12.2. The van der Waals surface area contributed by atoms with E-state index in [1.807, 2.05) is 0 Å². The molecule has 3 aromatic carbocycles. The summed E-state index contributed by atoms with van der Waals surface area (Å²) in [7, 11) is 1.66. The zero-order valence-electron chi connectivity index (χ0n) is 21.8. The first-order chi connectivity index (χ1) is 19.6. The van der Waals surface area contributed by atoms with Gasteiger partial charge in [-0.3, -0.25) is 4.90 Å². The van der Waals surface area contributed by atoms with Crippen molar-refractivity contribution in [3.63, 3.8) is 0 Å². The molecule has 0 bridgehead atoms. The Morgan fingerprint density at radius 2 is 1.45 bits per heavy atom. The Kier molecular flexibility index (Phi) is 8.70. The monoisotopic (exact) mass is 594 g/mol. The fourth-order valence-corrected chi connectivity index (χ4v) is 4.35. The Morgan fingerprint density at radius 1 is 0.833 bits per heavy atom. The molecule has 1 N–H and O–H groups in total. The van der Waals surface area contributed by atoms with E-state index in [0.29, 0.717) is 29.3 Å². The molecule has 1 heterocycles. The number of hydrogen-bond donors (Lipinski definition) is 1. The summed E-state index contributed by atoms with van der Waals surface area (Å²) in [6.07, 6.45) is -7.36. The van der Waals surface area contributed by atoms with Crippen LogP contribution in [0.5, 0.6) is 0 Å². The minimum Gasteiger partial charge on any atom is -0.382 e. The second kappa shape index (κ2) is 11.9. The van der Waals surface area contributed by atoms with E-state index in [9.17, 15) is 40.2 Å². The second-order valence-corrected chi connectivity index (χ2v) is 9.66. The summed E-state index contributed by atoms with van der Waals surface area (Å²) in [6.45, 7) is -0.0349. The molecule has 5 nitrogen and oxygen atoms in total. The molecule has 0 spiro atoms. The third-order valence-corrected chi connectivity index (χ3v) is 6.20. The van der Waals surface area contributed by atoms with Crippen LogP contribution in [0.1, 0.15) is 33.4 Å². The van der Waals surface area contributed by atoms with Crippen molar-refractivity contribution in [3.05, 3.63) is 118 Å². The van der Waals surface area contributed by atoms with Crippen molar-refractivity contribution in [2.24, 2.45) is 0 Å². The Hall–Kier alpha value is -4.28. The minimum absolute atomic E-state index is 0.0357. The highest BCUT2D eigenvalue weighted by molar-refractivity contribution is 5.47. The predicted molar refractivity (Wildman–Crippen MR) is 135 cm³/mol. The number of benzene rings is 3. The zero-order chi connectivity index (χ0) is 30.7. The van der Waals surface area contributed by atoms with Gasteiger partial charge in [-0.15, -0.1) is 0 Å². The van der Waals surface area contributed by atoms with Crippen molar-refractivity contribution < 1.29 is 40.2 Å². The number of aliphatic hydroxyl groups is 1. The van der Waals surface area contributed by atoms with Crippen molar-refractivity contribution in [2.75, 3.05) is 13.6 Å². The molecule has 0 aliphatic carbocycles. The zero-order valence-corrected chi connectivity index (χ0v) is 21.8. The van der Waals surface area contributed by atoms with Crippen molar-refractivity contribution in [3.8, 4) is 11.8 Å². The molecule has 42 heavy (non-hydrogen) atoms. The summed E-state index contributed by atoms with van der Waals surface area (Å²) in [5, 5.41) is 15.4. The molecule has 0 radical (unpaired) electrons. The van der Waals surface area contributed by atoms with Gasteiger partial charge >= 0.3 is 12.4 Å². The molecule has 4 aromatic rings. The Morgan fingerprint density at radius 3 is 2.00 bits per heavy atom. The predicted octanol–water partition coefficient (Wildman–Crippen LogP) is 6.01. The SMILES string of the molecule is CN(Cc1ccc(C#Cc2cc(C(F)(F)F)cc(C(F)(F)F)c2)cc1)CC(O)(Cn1cncn1)c1ccc(F)cc1F. The number of aromatic nitrogens is 3. The number of alkyl halides is 6. The van der Waals surface area contributed by atoms with Crippen LogP contribution >= 0.6 is 0 Å². The molecule has 220 valence electrons. The van der Waals surface area contributed by atoms with Crippen LogP contribution in [-0.2, 0) is 31.0 Å². The minimum atomic E-state index is -4.98. The highest BCUT2D eigenvalue weighted by Crippen LogP contribution is 2.36. The molecule has 13 heteroatoms. The molecule has 0 saturated heterocycles. The smallest absolute Gasteiger partial charge is 0.382 e. The van der Waals surface area contributed by atoms with Crippen LogP contribution in [0.4, 0.5) is 35.1 Å². The van der Waals surface area contributed by atoms with Gasteiger partial charge in [0.2, 0.25) is 0 Å². The summed E-state index contributed by atoms with van der Waals surface area (Å²) in [6, 6.07) is 10.4. The lowest BCUT2D eigenvalue weighted by Gasteiger charge is -2.33. The van der Waals surface area contributed by atoms with Gasteiger partial charge in [-0.2, -0.15) is 31.4 Å². The number of nitrogens with zero attached hydrogens (tertiary/aromatic N) is 4. The number of halogens is 8. The number of likely N-dealkylation sites (N-methyl/N-ethyl adjacent to an activating group) is 1. The molecular weight excluding hydrogens is 572 g/mol. The maximum atomic E-state index is 14.7. The van der Waals surface area contributed by atoms with Crippen LogP contribution in [0, 0.1) is 23.5 Å². The highest BCUT2D eigenvalue weighted by atomic mass is 19.4. The standard InChI is InChI=1S/C29H22F8N4O/c1-40(15-27(42,16-41-18-38-17-39-41)25-9-8-24(30)13-26(25)31)14-20-5-2-19(3-6-20)4-7-21-10-22(28(32,33)34)12-23(11-21)29(35,36)37/h2-3,5-6,8-13,17-18,42H,14-16H2,1H3. The summed E-state index contributed by atoms with van der Waals surface area (Å²) in [4.78, 5) is 5.50. The molecule has 1 atom stereocenters. The van der Waals surface area contributed by atoms with Gasteiger partial charge in [-0.05, 0) is 49.0 Å². The van der Waals surface area contributed by atoms with E-state index in [-0.39, 0.29) is 31.3 Å². The molecule has 0 aliphatic heterocycles. The van der Waals surface area contributed by atoms with Gasteiger partial charge in [0.15, 0.2) is 0 Å². The van der Waals surface area contributed by atoms with Gasteiger partial charge in [0, 0.05) is 35.8 Å². The van der Waals surface area contributed by atoms with E-state index in [2.05, 4.69) is 21.9 Å². The maximum Gasteiger partial charge on any atom is 0.416 e. The fraction of sp³-hybridized carbons (Fsp3) is 0.241. The van der Waals surface area contributed by atoms with E-state index < -0.39 is 46.3 Å². The third kappa shape index (κ3) is 7.71. The molecule has 4 rings (SSSR count). The third-order valence-electron chi connectivity index (χ3n) is 6.20.